The van der Waals surface area contributed by atoms with Gasteiger partial charge in [0.2, 0.25) is 0 Å². The van der Waals surface area contributed by atoms with Crippen LogP contribution in [-0.2, 0) is 0 Å². The smallest absolute Gasteiger partial charge is 0.0317 e. The third kappa shape index (κ3) is 2.57. The molecule has 1 saturated heterocycles. The average Bonchev–Trinajstić information content (AvgIpc) is 2.68. The van der Waals surface area contributed by atoms with E-state index in [1.54, 1.807) is 0 Å². The van der Waals surface area contributed by atoms with Crippen molar-refractivity contribution in [2.24, 2.45) is 0 Å². The van der Waals surface area contributed by atoms with Gasteiger partial charge in [0.05, 0.1) is 0 Å². The van der Waals surface area contributed by atoms with Crippen LogP contribution >= 0.6 is 0 Å². The van der Waals surface area contributed by atoms with Crippen molar-refractivity contribution in [2.45, 2.75) is 18.9 Å². The van der Waals surface area contributed by atoms with E-state index in [4.69, 9.17) is 0 Å². The zero-order chi connectivity index (χ0) is 10.5. The first-order valence-corrected chi connectivity index (χ1v) is 5.50. The molecule has 1 fully saturated rings. The Kier molecular flexibility index (Phi) is 3.36. The van der Waals surface area contributed by atoms with Gasteiger partial charge in [0.25, 0.3) is 0 Å². The zero-order valence-electron chi connectivity index (χ0n) is 8.95. The Morgan fingerprint density at radius 2 is 2.13 bits per heavy atom. The minimum Gasteiger partial charge on any atom is -0.310 e. The number of rotatable bonds is 3. The fourth-order valence-corrected chi connectivity index (χ4v) is 2.03. The lowest BCUT2D eigenvalue weighted by atomic mass is 10.0. The van der Waals surface area contributed by atoms with Crippen LogP contribution in [0.1, 0.15) is 18.4 Å². The maximum atomic E-state index is 3.80. The van der Waals surface area contributed by atoms with Crippen LogP contribution in [-0.4, -0.2) is 12.6 Å². The van der Waals surface area contributed by atoms with Crippen LogP contribution in [0.2, 0.25) is 0 Å². The molecule has 2 rings (SSSR count). The summed E-state index contributed by atoms with van der Waals surface area (Å²) < 4.78 is 0. The Hall–Kier alpha value is -1.34. The fourth-order valence-electron chi connectivity index (χ4n) is 2.03. The van der Waals surface area contributed by atoms with Crippen LogP contribution in [0.4, 0.5) is 0 Å². The predicted molar refractivity (Wildman–Crippen MR) is 65.6 cm³/mol. The standard InChI is InChI=1S/C14H17N/c1-2-6-14-13(9-10-15-14)11-12-7-4-3-5-8-12/h2-5,7-8,11,14-15H,1,6,9-10H2/b13-11-. The SMILES string of the molecule is C=CCC1NCC/C1=C/c1ccccc1. The number of nitrogens with one attached hydrogen (secondary N) is 1. The molecule has 1 aliphatic rings. The van der Waals surface area contributed by atoms with Gasteiger partial charge in [-0.1, -0.05) is 48.1 Å². The normalized spacial score (nSPS) is 23.2. The molecular formula is C14H17N. The van der Waals surface area contributed by atoms with Crippen molar-refractivity contribution in [1.29, 1.82) is 0 Å². The van der Waals surface area contributed by atoms with E-state index in [9.17, 15) is 0 Å². The lowest BCUT2D eigenvalue weighted by Gasteiger charge is -2.09. The van der Waals surface area contributed by atoms with Gasteiger partial charge in [-0.3, -0.25) is 0 Å². The van der Waals surface area contributed by atoms with Gasteiger partial charge in [-0.15, -0.1) is 6.58 Å². The third-order valence-electron chi connectivity index (χ3n) is 2.81. The summed E-state index contributed by atoms with van der Waals surface area (Å²) in [5, 5.41) is 3.49. The minimum absolute atomic E-state index is 0.503. The van der Waals surface area contributed by atoms with E-state index < -0.39 is 0 Å². The van der Waals surface area contributed by atoms with Crippen LogP contribution in [0.5, 0.6) is 0 Å². The summed E-state index contributed by atoms with van der Waals surface area (Å²) in [5.74, 6) is 0. The topological polar surface area (TPSA) is 12.0 Å². The van der Waals surface area contributed by atoms with Crippen molar-refractivity contribution in [3.8, 4) is 0 Å². The second-order valence-corrected chi connectivity index (χ2v) is 3.91. The van der Waals surface area contributed by atoms with E-state index in [0.717, 1.165) is 19.4 Å². The van der Waals surface area contributed by atoms with Gasteiger partial charge in [-0.2, -0.15) is 0 Å². The van der Waals surface area contributed by atoms with Crippen LogP contribution in [0.25, 0.3) is 6.08 Å². The molecule has 0 amide bonds. The summed E-state index contributed by atoms with van der Waals surface area (Å²) in [7, 11) is 0. The van der Waals surface area contributed by atoms with Crippen molar-refractivity contribution in [3.05, 3.63) is 54.1 Å². The molecule has 1 nitrogen and oxygen atoms in total. The molecule has 15 heavy (non-hydrogen) atoms. The van der Waals surface area contributed by atoms with E-state index in [0.29, 0.717) is 6.04 Å². The lowest BCUT2D eigenvalue weighted by Crippen LogP contribution is -2.21. The highest BCUT2D eigenvalue weighted by atomic mass is 14.9. The highest BCUT2D eigenvalue weighted by Gasteiger charge is 2.17. The second kappa shape index (κ2) is 4.94. The van der Waals surface area contributed by atoms with Crippen molar-refractivity contribution in [2.75, 3.05) is 6.54 Å². The molecule has 0 saturated carbocycles. The largest absolute Gasteiger partial charge is 0.310 e. The van der Waals surface area contributed by atoms with Gasteiger partial charge in [-0.05, 0) is 24.9 Å². The molecule has 1 heterocycles. The molecule has 0 radical (unpaired) electrons. The van der Waals surface area contributed by atoms with Gasteiger partial charge in [-0.25, -0.2) is 0 Å². The molecule has 1 aliphatic heterocycles. The highest BCUT2D eigenvalue weighted by molar-refractivity contribution is 5.54. The Morgan fingerprint density at radius 1 is 1.33 bits per heavy atom. The Morgan fingerprint density at radius 3 is 2.87 bits per heavy atom. The van der Waals surface area contributed by atoms with E-state index in [1.165, 1.54) is 11.1 Å². The monoisotopic (exact) mass is 199 g/mol. The van der Waals surface area contributed by atoms with E-state index >= 15 is 0 Å². The van der Waals surface area contributed by atoms with Gasteiger partial charge < -0.3 is 5.32 Å². The minimum atomic E-state index is 0.503. The quantitative estimate of drug-likeness (QED) is 0.738. The first kappa shape index (κ1) is 10.2. The highest BCUT2D eigenvalue weighted by Crippen LogP contribution is 2.20. The first-order valence-electron chi connectivity index (χ1n) is 5.50. The molecule has 1 aromatic carbocycles. The van der Waals surface area contributed by atoms with E-state index in [2.05, 4.69) is 48.3 Å². The summed E-state index contributed by atoms with van der Waals surface area (Å²) in [5.41, 5.74) is 2.80. The van der Waals surface area contributed by atoms with Crippen molar-refractivity contribution >= 4 is 6.08 Å². The van der Waals surface area contributed by atoms with Gasteiger partial charge >= 0.3 is 0 Å². The lowest BCUT2D eigenvalue weighted by molar-refractivity contribution is 0.675. The van der Waals surface area contributed by atoms with Crippen LogP contribution in [0.3, 0.4) is 0 Å². The molecule has 0 aromatic heterocycles. The Bertz CT molecular complexity index is 351. The van der Waals surface area contributed by atoms with Crippen LogP contribution in [0, 0.1) is 0 Å². The maximum Gasteiger partial charge on any atom is 0.0317 e. The third-order valence-corrected chi connectivity index (χ3v) is 2.81. The van der Waals surface area contributed by atoms with Crippen LogP contribution < -0.4 is 5.32 Å². The number of benzene rings is 1. The Labute approximate surface area is 91.5 Å². The van der Waals surface area contributed by atoms with Gasteiger partial charge in [0, 0.05) is 6.04 Å². The second-order valence-electron chi connectivity index (χ2n) is 3.91. The summed E-state index contributed by atoms with van der Waals surface area (Å²) in [6.45, 7) is 4.89. The van der Waals surface area contributed by atoms with E-state index in [1.807, 2.05) is 6.08 Å². The average molecular weight is 199 g/mol. The van der Waals surface area contributed by atoms with E-state index in [-0.39, 0.29) is 0 Å². The van der Waals surface area contributed by atoms with Gasteiger partial charge in [0.15, 0.2) is 0 Å². The number of hydrogen-bond acceptors (Lipinski definition) is 1. The zero-order valence-corrected chi connectivity index (χ0v) is 8.95. The predicted octanol–water partition coefficient (Wildman–Crippen LogP) is 3.01. The first-order chi connectivity index (χ1) is 7.40. The molecular weight excluding hydrogens is 182 g/mol. The summed E-state index contributed by atoms with van der Waals surface area (Å²) >= 11 is 0. The van der Waals surface area contributed by atoms with Crippen molar-refractivity contribution < 1.29 is 0 Å². The summed E-state index contributed by atoms with van der Waals surface area (Å²) in [6.07, 6.45) is 6.47. The summed E-state index contributed by atoms with van der Waals surface area (Å²) in [6, 6.07) is 11.0. The molecule has 78 valence electrons. The molecule has 0 bridgehead atoms. The fraction of sp³-hybridized carbons (Fsp3) is 0.286. The van der Waals surface area contributed by atoms with Crippen LogP contribution in [0.15, 0.2) is 48.6 Å². The molecule has 1 aromatic rings. The van der Waals surface area contributed by atoms with Gasteiger partial charge in [0.1, 0.15) is 0 Å². The van der Waals surface area contributed by atoms with Crippen molar-refractivity contribution in [1.82, 2.24) is 5.32 Å². The molecule has 0 spiro atoms. The molecule has 1 unspecified atom stereocenters. The Balaban J connectivity index is 2.15. The molecule has 0 aliphatic carbocycles. The molecule has 1 N–H and O–H groups in total. The number of hydrogen-bond donors (Lipinski definition) is 1. The molecule has 1 atom stereocenters. The maximum absolute atomic E-state index is 3.80. The van der Waals surface area contributed by atoms with Crippen molar-refractivity contribution in [3.63, 3.8) is 0 Å². The summed E-state index contributed by atoms with van der Waals surface area (Å²) in [4.78, 5) is 0. The molecule has 1 heteroatoms.